The summed E-state index contributed by atoms with van der Waals surface area (Å²) in [6.07, 6.45) is -0.300. The summed E-state index contributed by atoms with van der Waals surface area (Å²) in [4.78, 5) is 11.5. The Morgan fingerprint density at radius 2 is 1.94 bits per heavy atom. The zero-order valence-corrected chi connectivity index (χ0v) is 9.93. The van der Waals surface area contributed by atoms with Gasteiger partial charge in [0.25, 0.3) is 0 Å². The molecule has 0 bridgehead atoms. The van der Waals surface area contributed by atoms with Crippen LogP contribution in [0.4, 0.5) is 0 Å². The molecule has 0 aliphatic heterocycles. The Labute approximate surface area is 96.1 Å². The molecular formula is C13H18O3. The molecule has 1 aromatic rings. The minimum Gasteiger partial charge on any atom is -0.469 e. The summed E-state index contributed by atoms with van der Waals surface area (Å²) in [7, 11) is 1.33. The van der Waals surface area contributed by atoms with Crippen molar-refractivity contribution in [3.05, 3.63) is 35.9 Å². The summed E-state index contributed by atoms with van der Waals surface area (Å²) in [6.45, 7) is 3.37. The molecule has 1 atom stereocenters. The highest BCUT2D eigenvalue weighted by atomic mass is 16.5. The van der Waals surface area contributed by atoms with Crippen LogP contribution in [0.3, 0.4) is 0 Å². The van der Waals surface area contributed by atoms with Gasteiger partial charge in [-0.25, -0.2) is 0 Å². The van der Waals surface area contributed by atoms with Crippen molar-refractivity contribution in [1.82, 2.24) is 0 Å². The Bertz CT molecular complexity index is 343. The Balaban J connectivity index is 2.72. The van der Waals surface area contributed by atoms with Crippen LogP contribution in [-0.4, -0.2) is 24.3 Å². The number of carbonyl (C=O) groups is 1. The molecule has 0 saturated carbocycles. The van der Waals surface area contributed by atoms with Gasteiger partial charge in [0.2, 0.25) is 0 Å². The number of aliphatic hydroxyl groups excluding tert-OH is 1. The second-order valence-corrected chi connectivity index (χ2v) is 4.42. The molecule has 0 heterocycles. The SMILES string of the molecule is COC(=O)C(C)(C)C(O)Cc1ccccc1. The number of ether oxygens (including phenoxy) is 1. The van der Waals surface area contributed by atoms with Crippen LogP contribution in [0, 0.1) is 5.41 Å². The van der Waals surface area contributed by atoms with E-state index in [1.807, 2.05) is 30.3 Å². The fraction of sp³-hybridized carbons (Fsp3) is 0.462. The van der Waals surface area contributed by atoms with Crippen molar-refractivity contribution in [3.8, 4) is 0 Å². The minimum absolute atomic E-state index is 0.393. The Kier molecular flexibility index (Phi) is 4.07. The van der Waals surface area contributed by atoms with Crippen LogP contribution in [0.1, 0.15) is 19.4 Å². The predicted octanol–water partition coefficient (Wildman–Crippen LogP) is 1.79. The van der Waals surface area contributed by atoms with Gasteiger partial charge in [-0.05, 0) is 25.8 Å². The molecule has 0 saturated heterocycles. The first-order chi connectivity index (χ1) is 7.48. The third kappa shape index (κ3) is 2.83. The second-order valence-electron chi connectivity index (χ2n) is 4.42. The summed E-state index contributed by atoms with van der Waals surface area (Å²) >= 11 is 0. The molecule has 0 radical (unpaired) electrons. The minimum atomic E-state index is -0.884. The van der Waals surface area contributed by atoms with Crippen molar-refractivity contribution in [3.63, 3.8) is 0 Å². The zero-order valence-electron chi connectivity index (χ0n) is 9.93. The molecular weight excluding hydrogens is 204 g/mol. The van der Waals surface area contributed by atoms with E-state index in [0.717, 1.165) is 5.56 Å². The number of carbonyl (C=O) groups excluding carboxylic acids is 1. The van der Waals surface area contributed by atoms with E-state index in [1.54, 1.807) is 13.8 Å². The average molecular weight is 222 g/mol. The van der Waals surface area contributed by atoms with E-state index in [-0.39, 0.29) is 0 Å². The Hall–Kier alpha value is -1.35. The van der Waals surface area contributed by atoms with Crippen LogP contribution < -0.4 is 0 Å². The lowest BCUT2D eigenvalue weighted by molar-refractivity contribution is -0.157. The van der Waals surface area contributed by atoms with Crippen molar-refractivity contribution < 1.29 is 14.6 Å². The summed E-state index contributed by atoms with van der Waals surface area (Å²) in [5, 5.41) is 10.0. The Morgan fingerprint density at radius 3 is 2.44 bits per heavy atom. The van der Waals surface area contributed by atoms with Crippen molar-refractivity contribution in [2.45, 2.75) is 26.4 Å². The molecule has 0 amide bonds. The lowest BCUT2D eigenvalue weighted by atomic mass is 9.83. The maximum Gasteiger partial charge on any atom is 0.313 e. The maximum absolute atomic E-state index is 11.5. The maximum atomic E-state index is 11.5. The second kappa shape index (κ2) is 5.12. The van der Waals surface area contributed by atoms with E-state index >= 15 is 0 Å². The first-order valence-corrected chi connectivity index (χ1v) is 5.29. The molecule has 1 unspecified atom stereocenters. The van der Waals surface area contributed by atoms with Gasteiger partial charge in [0, 0.05) is 0 Å². The molecule has 0 spiro atoms. The molecule has 16 heavy (non-hydrogen) atoms. The van der Waals surface area contributed by atoms with Gasteiger partial charge in [-0.3, -0.25) is 4.79 Å². The van der Waals surface area contributed by atoms with Gasteiger partial charge in [-0.1, -0.05) is 30.3 Å². The number of methoxy groups -OCH3 is 1. The number of rotatable bonds is 4. The molecule has 88 valence electrons. The normalized spacial score (nSPS) is 13.2. The molecule has 3 nitrogen and oxygen atoms in total. The van der Waals surface area contributed by atoms with Crippen LogP contribution in [0.15, 0.2) is 30.3 Å². The summed E-state index contributed by atoms with van der Waals surface area (Å²) in [5.41, 5.74) is 0.122. The van der Waals surface area contributed by atoms with E-state index < -0.39 is 17.5 Å². The number of hydrogen-bond acceptors (Lipinski definition) is 3. The molecule has 3 heteroatoms. The van der Waals surface area contributed by atoms with Crippen LogP contribution in [0.2, 0.25) is 0 Å². The quantitative estimate of drug-likeness (QED) is 0.790. The third-order valence-electron chi connectivity index (χ3n) is 2.82. The number of aliphatic hydroxyl groups is 1. The molecule has 0 aliphatic carbocycles. The average Bonchev–Trinajstić information content (AvgIpc) is 2.29. The van der Waals surface area contributed by atoms with Crippen LogP contribution in [-0.2, 0) is 16.0 Å². The highest BCUT2D eigenvalue weighted by molar-refractivity contribution is 5.76. The van der Waals surface area contributed by atoms with E-state index in [4.69, 9.17) is 0 Å². The number of benzene rings is 1. The smallest absolute Gasteiger partial charge is 0.313 e. The van der Waals surface area contributed by atoms with Crippen LogP contribution >= 0.6 is 0 Å². The van der Waals surface area contributed by atoms with E-state index in [2.05, 4.69) is 4.74 Å². The van der Waals surface area contributed by atoms with Crippen LogP contribution in [0.5, 0.6) is 0 Å². The molecule has 0 aromatic heterocycles. The third-order valence-corrected chi connectivity index (χ3v) is 2.82. The van der Waals surface area contributed by atoms with Gasteiger partial charge in [-0.2, -0.15) is 0 Å². The molecule has 1 N–H and O–H groups in total. The van der Waals surface area contributed by atoms with Gasteiger partial charge in [0.1, 0.15) is 0 Å². The monoisotopic (exact) mass is 222 g/mol. The van der Waals surface area contributed by atoms with Crippen molar-refractivity contribution in [2.24, 2.45) is 5.41 Å². The zero-order chi connectivity index (χ0) is 12.2. The van der Waals surface area contributed by atoms with Gasteiger partial charge in [-0.15, -0.1) is 0 Å². The van der Waals surface area contributed by atoms with E-state index in [1.165, 1.54) is 7.11 Å². The van der Waals surface area contributed by atoms with E-state index in [0.29, 0.717) is 6.42 Å². The standard InChI is InChI=1S/C13H18O3/c1-13(2,12(15)16-3)11(14)9-10-7-5-4-6-8-10/h4-8,11,14H,9H2,1-3H3. The first-order valence-electron chi connectivity index (χ1n) is 5.29. The Morgan fingerprint density at radius 1 is 1.38 bits per heavy atom. The highest BCUT2D eigenvalue weighted by Crippen LogP contribution is 2.25. The fourth-order valence-electron chi connectivity index (χ4n) is 1.49. The summed E-state index contributed by atoms with van der Waals surface area (Å²) < 4.78 is 4.67. The van der Waals surface area contributed by atoms with Gasteiger partial charge < -0.3 is 9.84 Å². The largest absolute Gasteiger partial charge is 0.469 e. The molecule has 1 rings (SSSR count). The van der Waals surface area contributed by atoms with Crippen LogP contribution in [0.25, 0.3) is 0 Å². The number of esters is 1. The predicted molar refractivity (Wildman–Crippen MR) is 61.9 cm³/mol. The van der Waals surface area contributed by atoms with Crippen molar-refractivity contribution in [2.75, 3.05) is 7.11 Å². The lowest BCUT2D eigenvalue weighted by Crippen LogP contribution is -2.39. The topological polar surface area (TPSA) is 46.5 Å². The summed E-state index contributed by atoms with van der Waals surface area (Å²) in [6, 6.07) is 9.59. The lowest BCUT2D eigenvalue weighted by Gasteiger charge is -2.27. The summed E-state index contributed by atoms with van der Waals surface area (Å²) in [5.74, 6) is -0.393. The van der Waals surface area contributed by atoms with Gasteiger partial charge in [0.15, 0.2) is 0 Å². The molecule has 0 aliphatic rings. The fourth-order valence-corrected chi connectivity index (χ4v) is 1.49. The highest BCUT2D eigenvalue weighted by Gasteiger charge is 2.36. The molecule has 1 aromatic carbocycles. The van der Waals surface area contributed by atoms with Crippen molar-refractivity contribution in [1.29, 1.82) is 0 Å². The number of hydrogen-bond donors (Lipinski definition) is 1. The van der Waals surface area contributed by atoms with E-state index in [9.17, 15) is 9.90 Å². The first kappa shape index (κ1) is 12.7. The van der Waals surface area contributed by atoms with Crippen molar-refractivity contribution >= 4 is 5.97 Å². The van der Waals surface area contributed by atoms with Gasteiger partial charge in [0.05, 0.1) is 18.6 Å². The molecule has 0 fully saturated rings. The van der Waals surface area contributed by atoms with Gasteiger partial charge >= 0.3 is 5.97 Å².